The van der Waals surface area contributed by atoms with Crippen molar-refractivity contribution in [3.05, 3.63) is 7.43 Å². The van der Waals surface area contributed by atoms with Crippen LogP contribution in [0.5, 0.6) is 0 Å². The summed E-state index contributed by atoms with van der Waals surface area (Å²) in [5.41, 5.74) is 10.1. The molecule has 13 heteroatoms. The second-order valence-corrected chi connectivity index (χ2v) is 17.9. The Morgan fingerprint density at radius 3 is 1.28 bits per heavy atom. The van der Waals surface area contributed by atoms with E-state index in [1.165, 1.54) is 127 Å². The summed E-state index contributed by atoms with van der Waals surface area (Å²) in [5.74, 6) is 0. The number of nitrogens with two attached hydrogens (primary N) is 2. The molecular weight excluding hydrogens is 795 g/mol. The molecule has 0 radical (unpaired) electrons. The molecule has 0 bridgehead atoms. The van der Waals surface area contributed by atoms with Crippen LogP contribution in [0.3, 0.4) is 0 Å². The Labute approximate surface area is 350 Å². The second kappa shape index (κ2) is 30.2. The molecule has 4 aliphatic rings. The zero-order chi connectivity index (χ0) is 38.9. The molecule has 12 nitrogen and oxygen atoms in total. The average Bonchev–Trinajstić information content (AvgIpc) is 3.06. The van der Waals surface area contributed by atoms with E-state index in [4.69, 9.17) is 20.9 Å². The molecule has 0 aromatic heterocycles. The lowest BCUT2D eigenvalue weighted by atomic mass is 10.1. The number of nitrogens with zero attached hydrogens (tertiary/aromatic N) is 4. The van der Waals surface area contributed by atoms with Gasteiger partial charge in [-0.1, -0.05) is 12.8 Å². The Bertz CT molecular complexity index is 915. The van der Waals surface area contributed by atoms with Gasteiger partial charge in [-0.05, 0) is 132 Å². The Kier molecular flexibility index (Phi) is 30.8. The molecule has 4 saturated heterocycles. The van der Waals surface area contributed by atoms with Crippen LogP contribution in [-0.2, 0) is 9.47 Å². The standard InChI is InChI=1S/C13H26N2O2.C12H24N2O2.C8H19N2.C7H16N2.CH3.HI/c1-13(2,3)17-12(16)14-8-11-15(4)9-6-5-7-10-15;1-12(2,3)16-11(15)13-7-10-14-8-5-4-6-9-14;1-10(8-5-9)6-3-2-4-7-10;8-4-7-9-5-2-1-3-6-9;;/h5-11H2,1-4H3;4-10H2,1-3H3,(H,13,15);2-9H2,1H3;1-8H2;1H3;1H/q;;+1;;-1;. The van der Waals surface area contributed by atoms with Gasteiger partial charge in [0.15, 0.2) is 0 Å². The van der Waals surface area contributed by atoms with Crippen molar-refractivity contribution in [1.82, 2.24) is 20.4 Å². The summed E-state index contributed by atoms with van der Waals surface area (Å²) >= 11 is 0. The van der Waals surface area contributed by atoms with Crippen LogP contribution in [0.1, 0.15) is 119 Å². The van der Waals surface area contributed by atoms with E-state index in [1.807, 2.05) is 41.5 Å². The molecular formula is C41H89IN8O4. The summed E-state index contributed by atoms with van der Waals surface area (Å²) in [6, 6.07) is 0. The number of halogens is 1. The minimum atomic E-state index is -0.409. The fourth-order valence-electron chi connectivity index (χ4n) is 7.23. The number of rotatable bonds is 10. The van der Waals surface area contributed by atoms with Crippen LogP contribution in [0.2, 0.25) is 0 Å². The highest BCUT2D eigenvalue weighted by Gasteiger charge is 2.25. The zero-order valence-corrected chi connectivity index (χ0v) is 38.9. The van der Waals surface area contributed by atoms with Crippen LogP contribution >= 0.6 is 0 Å². The molecule has 0 aromatic rings. The number of carbonyl (C=O) groups is 2. The van der Waals surface area contributed by atoms with Gasteiger partial charge in [0.1, 0.15) is 11.2 Å². The number of nitrogens with one attached hydrogen (secondary N) is 2. The van der Waals surface area contributed by atoms with Crippen molar-refractivity contribution in [3.8, 4) is 0 Å². The van der Waals surface area contributed by atoms with Crippen molar-refractivity contribution in [2.45, 2.75) is 130 Å². The van der Waals surface area contributed by atoms with E-state index in [2.05, 4.69) is 34.5 Å². The van der Waals surface area contributed by atoms with Crippen LogP contribution in [0.15, 0.2) is 0 Å². The number of amides is 2. The quantitative estimate of drug-likeness (QED) is 0.150. The second-order valence-electron chi connectivity index (χ2n) is 17.9. The molecule has 0 aromatic carbocycles. The molecule has 0 atom stereocenters. The van der Waals surface area contributed by atoms with Crippen molar-refractivity contribution < 1.29 is 52.0 Å². The maximum atomic E-state index is 11.5. The summed E-state index contributed by atoms with van der Waals surface area (Å²) in [4.78, 5) is 27.7. The van der Waals surface area contributed by atoms with Crippen LogP contribution in [0.25, 0.3) is 0 Å². The smallest absolute Gasteiger partial charge is 0.407 e. The third kappa shape index (κ3) is 30.2. The van der Waals surface area contributed by atoms with Gasteiger partial charge in [0.2, 0.25) is 0 Å². The zero-order valence-electron chi connectivity index (χ0n) is 36.8. The number of piperidine rings is 4. The molecule has 0 unspecified atom stereocenters. The maximum Gasteiger partial charge on any atom is 0.407 e. The Morgan fingerprint density at radius 1 is 0.556 bits per heavy atom. The molecule has 4 heterocycles. The molecule has 0 spiro atoms. The molecule has 4 fully saturated rings. The first-order valence-corrected chi connectivity index (χ1v) is 20.9. The maximum absolute atomic E-state index is 11.5. The normalized spacial score (nSPS) is 19.9. The lowest BCUT2D eigenvalue weighted by Crippen LogP contribution is -3.00. The molecule has 324 valence electrons. The fraction of sp³-hybridized carbons (Fsp3) is 0.927. The predicted molar refractivity (Wildman–Crippen MR) is 223 cm³/mol. The van der Waals surface area contributed by atoms with Crippen LogP contribution in [0.4, 0.5) is 9.59 Å². The minimum Gasteiger partial charge on any atom is -1.00 e. The highest BCUT2D eigenvalue weighted by molar-refractivity contribution is 5.67. The third-order valence-electron chi connectivity index (χ3n) is 10.2. The molecule has 54 heavy (non-hydrogen) atoms. The first-order valence-electron chi connectivity index (χ1n) is 20.9. The summed E-state index contributed by atoms with van der Waals surface area (Å²) in [6.45, 7) is 28.5. The van der Waals surface area contributed by atoms with Crippen molar-refractivity contribution in [2.75, 3.05) is 119 Å². The number of hydrogen-bond acceptors (Lipinski definition) is 8. The van der Waals surface area contributed by atoms with Crippen molar-refractivity contribution in [1.29, 1.82) is 0 Å². The first-order chi connectivity index (χ1) is 24.5. The highest BCUT2D eigenvalue weighted by atomic mass is 127. The van der Waals surface area contributed by atoms with Crippen molar-refractivity contribution in [2.24, 2.45) is 11.5 Å². The molecule has 0 saturated carbocycles. The molecule has 4 rings (SSSR count). The third-order valence-corrected chi connectivity index (χ3v) is 10.2. The van der Waals surface area contributed by atoms with Crippen LogP contribution in [0, 0.1) is 7.43 Å². The number of alkyl carbamates (subject to hydrolysis) is 2. The van der Waals surface area contributed by atoms with Gasteiger partial charge in [0.25, 0.3) is 0 Å². The SMILES string of the molecule is CC(C)(C)OC(=O)NCCN1CCCCC1.CC(C)(C)OC(=O)NCC[N+]1(C)CCCCC1.C[N+]1(CCN)CCCCC1.NCCN1CCCCC1.[CH3-].[I-]. The van der Waals surface area contributed by atoms with Gasteiger partial charge in [-0.3, -0.25) is 0 Å². The number of likely N-dealkylation sites (tertiary alicyclic amines) is 4. The summed E-state index contributed by atoms with van der Waals surface area (Å²) < 4.78 is 12.7. The predicted octanol–water partition coefficient (Wildman–Crippen LogP) is 2.60. The first kappa shape index (κ1) is 55.1. The molecule has 0 aliphatic carbocycles. The van der Waals surface area contributed by atoms with E-state index in [-0.39, 0.29) is 43.6 Å². The number of likely N-dealkylation sites (N-methyl/N-ethyl adjacent to an activating group) is 2. The average molecular weight is 885 g/mol. The van der Waals surface area contributed by atoms with Gasteiger partial charge in [-0.2, -0.15) is 0 Å². The number of hydrogen-bond donors (Lipinski definition) is 4. The van der Waals surface area contributed by atoms with E-state index in [0.717, 1.165) is 50.3 Å². The van der Waals surface area contributed by atoms with E-state index in [1.54, 1.807) is 0 Å². The van der Waals surface area contributed by atoms with E-state index >= 15 is 0 Å². The van der Waals surface area contributed by atoms with Crippen LogP contribution < -0.4 is 46.1 Å². The van der Waals surface area contributed by atoms with Gasteiger partial charge < -0.3 is 81.7 Å². The van der Waals surface area contributed by atoms with Crippen molar-refractivity contribution >= 4 is 12.2 Å². The molecule has 2 amide bonds. The van der Waals surface area contributed by atoms with Gasteiger partial charge >= 0.3 is 12.2 Å². The summed E-state index contributed by atoms with van der Waals surface area (Å²) in [5, 5.41) is 5.62. The molecule has 6 N–H and O–H groups in total. The Balaban J connectivity index is 0. The van der Waals surface area contributed by atoms with Crippen LogP contribution in [-0.4, -0.2) is 161 Å². The monoisotopic (exact) mass is 885 g/mol. The van der Waals surface area contributed by atoms with Crippen molar-refractivity contribution in [3.63, 3.8) is 0 Å². The van der Waals surface area contributed by atoms with Gasteiger partial charge in [0.05, 0.1) is 59.9 Å². The van der Waals surface area contributed by atoms with E-state index < -0.39 is 11.2 Å². The Morgan fingerprint density at radius 2 is 0.907 bits per heavy atom. The summed E-state index contributed by atoms with van der Waals surface area (Å²) in [6.07, 6.45) is 15.7. The minimum absolute atomic E-state index is 0. The lowest BCUT2D eigenvalue weighted by Gasteiger charge is -2.37. The Hall–Kier alpha value is -0.970. The van der Waals surface area contributed by atoms with Gasteiger partial charge in [-0.15, -0.1) is 0 Å². The van der Waals surface area contributed by atoms with E-state index in [0.29, 0.717) is 13.1 Å². The topological polar surface area (TPSA) is 135 Å². The fourth-order valence-corrected chi connectivity index (χ4v) is 7.23. The largest absolute Gasteiger partial charge is 1.00 e. The lowest BCUT2D eigenvalue weighted by molar-refractivity contribution is -0.912. The van der Waals surface area contributed by atoms with Gasteiger partial charge in [-0.25, -0.2) is 9.59 Å². The summed E-state index contributed by atoms with van der Waals surface area (Å²) in [7, 11) is 4.60. The number of quaternary nitrogens is 2. The van der Waals surface area contributed by atoms with E-state index in [9.17, 15) is 9.59 Å². The molecule has 4 aliphatic heterocycles. The van der Waals surface area contributed by atoms with Gasteiger partial charge in [0, 0.05) is 32.7 Å². The number of ether oxygens (including phenoxy) is 2. The number of carbonyl (C=O) groups excluding carboxylic acids is 2. The highest BCUT2D eigenvalue weighted by Crippen LogP contribution is 2.16.